The number of hydrogen-bond donors (Lipinski definition) is 1. The average Bonchev–Trinajstić information content (AvgIpc) is 2.77. The van der Waals surface area contributed by atoms with E-state index in [4.69, 9.17) is 0 Å². The van der Waals surface area contributed by atoms with Crippen LogP contribution in [0.25, 0.3) is 0 Å². The van der Waals surface area contributed by atoms with Crippen LogP contribution in [0.4, 0.5) is 0 Å². The molecule has 0 spiro atoms. The van der Waals surface area contributed by atoms with Gasteiger partial charge < -0.3 is 10.2 Å². The zero-order valence-electron chi connectivity index (χ0n) is 16.6. The minimum atomic E-state index is -0.232. The zero-order chi connectivity index (χ0) is 20.6. The highest BCUT2D eigenvalue weighted by molar-refractivity contribution is 5.98. The highest BCUT2D eigenvalue weighted by Crippen LogP contribution is 2.09. The lowest BCUT2D eigenvalue weighted by Crippen LogP contribution is -2.30. The third-order valence-electron chi connectivity index (χ3n) is 4.77. The maximum absolute atomic E-state index is 12.7. The average molecular weight is 388 g/mol. The molecule has 2 aromatic heterocycles. The predicted octanol–water partition coefficient (Wildman–Crippen LogP) is 3.03. The largest absolute Gasteiger partial charge is 0.348 e. The summed E-state index contributed by atoms with van der Waals surface area (Å²) in [6.45, 7) is 2.99. The molecule has 0 unspecified atom stereocenters. The van der Waals surface area contributed by atoms with E-state index in [2.05, 4.69) is 15.3 Å². The highest BCUT2D eigenvalue weighted by atomic mass is 16.2. The summed E-state index contributed by atoms with van der Waals surface area (Å²) < 4.78 is 0. The molecule has 29 heavy (non-hydrogen) atoms. The topological polar surface area (TPSA) is 75.2 Å². The van der Waals surface area contributed by atoms with E-state index in [-0.39, 0.29) is 17.5 Å². The van der Waals surface area contributed by atoms with Gasteiger partial charge in [-0.2, -0.15) is 0 Å². The predicted molar refractivity (Wildman–Crippen MR) is 111 cm³/mol. The lowest BCUT2D eigenvalue weighted by molar-refractivity contribution is 0.0791. The second kappa shape index (κ2) is 9.59. The maximum atomic E-state index is 12.7. The summed E-state index contributed by atoms with van der Waals surface area (Å²) in [5, 5.41) is 2.90. The molecule has 2 amide bonds. The molecule has 0 aliphatic carbocycles. The van der Waals surface area contributed by atoms with Crippen molar-refractivity contribution in [3.8, 4) is 0 Å². The van der Waals surface area contributed by atoms with Crippen molar-refractivity contribution in [3.05, 3.63) is 95.1 Å². The fourth-order valence-corrected chi connectivity index (χ4v) is 2.92. The van der Waals surface area contributed by atoms with Gasteiger partial charge in [-0.25, -0.2) is 0 Å². The molecule has 148 valence electrons. The number of carbonyl (C=O) groups is 2. The van der Waals surface area contributed by atoms with Crippen molar-refractivity contribution < 1.29 is 9.59 Å². The van der Waals surface area contributed by atoms with Crippen molar-refractivity contribution in [2.24, 2.45) is 0 Å². The smallest absolute Gasteiger partial charge is 0.272 e. The van der Waals surface area contributed by atoms with Crippen LogP contribution < -0.4 is 5.32 Å². The summed E-state index contributed by atoms with van der Waals surface area (Å²) in [7, 11) is 1.73. The Bertz CT molecular complexity index is 989. The molecule has 0 bridgehead atoms. The molecule has 1 N–H and O–H groups in total. The Hall–Kier alpha value is -3.54. The molecule has 0 radical (unpaired) electrons. The summed E-state index contributed by atoms with van der Waals surface area (Å²) >= 11 is 0. The molecule has 3 rings (SSSR count). The Morgan fingerprint density at radius 1 is 1.03 bits per heavy atom. The standard InChI is InChI=1S/C23H24N4O2/c1-17-5-3-4-6-20(17)16-26-22(28)19-9-13-25-21(15-19)23(29)27(2)14-10-18-7-11-24-12-8-18/h3-9,11-13,15H,10,14,16H2,1-2H3,(H,26,28). The number of nitrogens with one attached hydrogen (secondary N) is 1. The lowest BCUT2D eigenvalue weighted by Gasteiger charge is -2.17. The Morgan fingerprint density at radius 3 is 2.55 bits per heavy atom. The second-order valence-corrected chi connectivity index (χ2v) is 6.87. The molecule has 2 heterocycles. The van der Waals surface area contributed by atoms with Gasteiger partial charge in [0.15, 0.2) is 0 Å². The van der Waals surface area contributed by atoms with E-state index in [9.17, 15) is 9.59 Å². The van der Waals surface area contributed by atoms with Crippen LogP contribution in [0.5, 0.6) is 0 Å². The van der Waals surface area contributed by atoms with Crippen LogP contribution >= 0.6 is 0 Å². The van der Waals surface area contributed by atoms with Crippen LogP contribution in [0.1, 0.15) is 37.5 Å². The first-order valence-electron chi connectivity index (χ1n) is 9.47. The van der Waals surface area contributed by atoms with Crippen LogP contribution in [0.3, 0.4) is 0 Å². The minimum absolute atomic E-state index is 0.215. The normalized spacial score (nSPS) is 10.4. The first kappa shape index (κ1) is 20.2. The van der Waals surface area contributed by atoms with E-state index in [0.717, 1.165) is 23.1 Å². The summed E-state index contributed by atoms with van der Waals surface area (Å²) in [6, 6.07) is 14.9. The number of likely N-dealkylation sites (N-methyl/N-ethyl adjacent to an activating group) is 1. The number of benzene rings is 1. The first-order chi connectivity index (χ1) is 14.0. The lowest BCUT2D eigenvalue weighted by atomic mass is 10.1. The second-order valence-electron chi connectivity index (χ2n) is 6.87. The molecule has 0 saturated carbocycles. The molecule has 6 nitrogen and oxygen atoms in total. The van der Waals surface area contributed by atoms with Crippen molar-refractivity contribution in [1.82, 2.24) is 20.2 Å². The Labute approximate surface area is 170 Å². The molecule has 0 aliphatic heterocycles. The van der Waals surface area contributed by atoms with Crippen molar-refractivity contribution >= 4 is 11.8 Å². The number of aromatic nitrogens is 2. The Morgan fingerprint density at radius 2 is 1.79 bits per heavy atom. The quantitative estimate of drug-likeness (QED) is 0.675. The van der Waals surface area contributed by atoms with E-state index in [0.29, 0.717) is 18.7 Å². The van der Waals surface area contributed by atoms with Gasteiger partial charge in [0.2, 0.25) is 0 Å². The minimum Gasteiger partial charge on any atom is -0.348 e. The summed E-state index contributed by atoms with van der Waals surface area (Å²) in [6.07, 6.45) is 5.68. The van der Waals surface area contributed by atoms with Crippen LogP contribution in [-0.2, 0) is 13.0 Å². The maximum Gasteiger partial charge on any atom is 0.272 e. The van der Waals surface area contributed by atoms with Crippen LogP contribution in [0, 0.1) is 6.92 Å². The van der Waals surface area contributed by atoms with Gasteiger partial charge in [0.05, 0.1) is 0 Å². The third kappa shape index (κ3) is 5.48. The fraction of sp³-hybridized carbons (Fsp3) is 0.217. The number of carbonyl (C=O) groups excluding carboxylic acids is 2. The van der Waals surface area contributed by atoms with Crippen molar-refractivity contribution in [1.29, 1.82) is 0 Å². The molecule has 0 aliphatic rings. The van der Waals surface area contributed by atoms with E-state index >= 15 is 0 Å². The van der Waals surface area contributed by atoms with Crippen molar-refractivity contribution in [3.63, 3.8) is 0 Å². The molecular formula is C23H24N4O2. The van der Waals surface area contributed by atoms with Gasteiger partial charge >= 0.3 is 0 Å². The fourth-order valence-electron chi connectivity index (χ4n) is 2.92. The molecule has 0 saturated heterocycles. The molecule has 3 aromatic rings. The van der Waals surface area contributed by atoms with Gasteiger partial charge in [-0.1, -0.05) is 24.3 Å². The molecule has 0 atom stereocenters. The SMILES string of the molecule is Cc1ccccc1CNC(=O)c1ccnc(C(=O)N(C)CCc2ccncc2)c1. The highest BCUT2D eigenvalue weighted by Gasteiger charge is 2.15. The third-order valence-corrected chi connectivity index (χ3v) is 4.77. The van der Waals surface area contributed by atoms with Crippen LogP contribution in [-0.4, -0.2) is 40.3 Å². The molecule has 0 fully saturated rings. The number of aryl methyl sites for hydroxylation is 1. The van der Waals surface area contributed by atoms with E-state index in [1.54, 1.807) is 36.5 Å². The van der Waals surface area contributed by atoms with E-state index < -0.39 is 0 Å². The van der Waals surface area contributed by atoms with Crippen molar-refractivity contribution in [2.45, 2.75) is 19.9 Å². The van der Waals surface area contributed by atoms with Gasteiger partial charge in [0.25, 0.3) is 11.8 Å². The van der Waals surface area contributed by atoms with Gasteiger partial charge in [-0.3, -0.25) is 19.6 Å². The monoisotopic (exact) mass is 388 g/mol. The van der Waals surface area contributed by atoms with E-state index in [1.807, 2.05) is 43.3 Å². The molecule has 6 heteroatoms. The van der Waals surface area contributed by atoms with Gasteiger partial charge in [-0.15, -0.1) is 0 Å². The number of pyridine rings is 2. The number of rotatable bonds is 7. The number of nitrogens with zero attached hydrogens (tertiary/aromatic N) is 3. The number of amides is 2. The summed E-state index contributed by atoms with van der Waals surface area (Å²) in [4.78, 5) is 34.9. The van der Waals surface area contributed by atoms with Crippen LogP contribution in [0.2, 0.25) is 0 Å². The zero-order valence-corrected chi connectivity index (χ0v) is 16.6. The molecule has 1 aromatic carbocycles. The first-order valence-corrected chi connectivity index (χ1v) is 9.47. The van der Waals surface area contributed by atoms with E-state index in [1.165, 1.54) is 6.20 Å². The Balaban J connectivity index is 1.61. The summed E-state index contributed by atoms with van der Waals surface area (Å²) in [5.41, 5.74) is 3.96. The Kier molecular flexibility index (Phi) is 6.68. The summed E-state index contributed by atoms with van der Waals surface area (Å²) in [5.74, 6) is -0.447. The van der Waals surface area contributed by atoms with Gasteiger partial charge in [-0.05, 0) is 54.3 Å². The van der Waals surface area contributed by atoms with Gasteiger partial charge in [0, 0.05) is 44.3 Å². The van der Waals surface area contributed by atoms with Crippen molar-refractivity contribution in [2.75, 3.05) is 13.6 Å². The van der Waals surface area contributed by atoms with Gasteiger partial charge in [0.1, 0.15) is 5.69 Å². The number of hydrogen-bond acceptors (Lipinski definition) is 4. The van der Waals surface area contributed by atoms with Crippen LogP contribution in [0.15, 0.2) is 67.1 Å². The molecular weight excluding hydrogens is 364 g/mol.